The smallest absolute Gasteiger partial charge is 0.294 e. The normalized spacial score (nSPS) is 17.1. The minimum atomic E-state index is -0.492. The predicted octanol–water partition coefficient (Wildman–Crippen LogP) is 5.35. The van der Waals surface area contributed by atoms with Gasteiger partial charge in [0.2, 0.25) is 5.91 Å². The second-order valence-electron chi connectivity index (χ2n) is 7.81. The molecule has 0 saturated carbocycles. The average Bonchev–Trinajstić information content (AvgIpc) is 3.44. The van der Waals surface area contributed by atoms with Crippen molar-refractivity contribution in [1.29, 1.82) is 0 Å². The van der Waals surface area contributed by atoms with Crippen LogP contribution in [0, 0.1) is 0 Å². The van der Waals surface area contributed by atoms with Crippen molar-refractivity contribution in [3.8, 4) is 11.5 Å². The Labute approximate surface area is 215 Å². The summed E-state index contributed by atoms with van der Waals surface area (Å²) >= 11 is 10.7. The van der Waals surface area contributed by atoms with Crippen molar-refractivity contribution in [1.82, 2.24) is 9.80 Å². The van der Waals surface area contributed by atoms with Crippen molar-refractivity contribution in [3.05, 3.63) is 61.9 Å². The van der Waals surface area contributed by atoms with E-state index in [0.717, 1.165) is 39.5 Å². The molecule has 0 unspecified atom stereocenters. The van der Waals surface area contributed by atoms with Crippen LogP contribution in [0.25, 0.3) is 6.08 Å². The van der Waals surface area contributed by atoms with Gasteiger partial charge in [-0.15, -0.1) is 0 Å². The van der Waals surface area contributed by atoms with E-state index in [4.69, 9.17) is 21.1 Å². The van der Waals surface area contributed by atoms with Crippen LogP contribution in [0.4, 0.5) is 4.79 Å². The van der Waals surface area contributed by atoms with Gasteiger partial charge in [0.1, 0.15) is 13.2 Å². The number of nitrogens with zero attached hydrogens (tertiary/aromatic N) is 2. The lowest BCUT2D eigenvalue weighted by Crippen LogP contribution is -2.40. The Balaban J connectivity index is 1.49. The second kappa shape index (κ2) is 10.8. The third-order valence-corrected chi connectivity index (χ3v) is 7.19. The molecule has 3 amide bonds. The van der Waals surface area contributed by atoms with Gasteiger partial charge in [-0.05, 0) is 66.1 Å². The second-order valence-corrected chi connectivity index (χ2v) is 10.1. The molecule has 2 fully saturated rings. The van der Waals surface area contributed by atoms with Gasteiger partial charge in [-0.3, -0.25) is 19.3 Å². The van der Waals surface area contributed by atoms with E-state index in [9.17, 15) is 14.4 Å². The highest BCUT2D eigenvalue weighted by Crippen LogP contribution is 2.39. The summed E-state index contributed by atoms with van der Waals surface area (Å²) in [5.74, 6) is 0.0825. The van der Waals surface area contributed by atoms with Gasteiger partial charge in [0.25, 0.3) is 11.1 Å². The van der Waals surface area contributed by atoms with Crippen LogP contribution in [0.1, 0.15) is 24.0 Å². The zero-order valence-electron chi connectivity index (χ0n) is 18.4. The summed E-state index contributed by atoms with van der Waals surface area (Å²) in [7, 11) is 1.50. The fourth-order valence-corrected chi connectivity index (χ4v) is 5.07. The van der Waals surface area contributed by atoms with Crippen LogP contribution in [0.2, 0.25) is 5.02 Å². The van der Waals surface area contributed by atoms with Gasteiger partial charge in [0, 0.05) is 17.6 Å². The van der Waals surface area contributed by atoms with Gasteiger partial charge >= 0.3 is 0 Å². The number of likely N-dealkylation sites (tertiary alicyclic amines) is 1. The molecule has 2 aromatic rings. The molecule has 0 aromatic heterocycles. The maximum Gasteiger partial charge on any atom is 0.294 e. The third-order valence-electron chi connectivity index (χ3n) is 5.47. The molecule has 0 spiro atoms. The molecule has 2 aromatic carbocycles. The summed E-state index contributed by atoms with van der Waals surface area (Å²) in [6, 6.07) is 11.0. The van der Waals surface area contributed by atoms with E-state index in [1.165, 1.54) is 7.11 Å². The summed E-state index contributed by atoms with van der Waals surface area (Å²) in [6.07, 6.45) is 3.45. The van der Waals surface area contributed by atoms with E-state index in [-0.39, 0.29) is 17.4 Å². The Morgan fingerprint density at radius 3 is 2.56 bits per heavy atom. The molecule has 7 nitrogen and oxygen atoms in total. The monoisotopic (exact) mass is 564 g/mol. The van der Waals surface area contributed by atoms with E-state index in [2.05, 4.69) is 15.9 Å². The van der Waals surface area contributed by atoms with Crippen molar-refractivity contribution in [2.45, 2.75) is 19.4 Å². The van der Waals surface area contributed by atoms with Crippen molar-refractivity contribution >= 4 is 62.4 Å². The maximum atomic E-state index is 12.8. The van der Waals surface area contributed by atoms with Crippen LogP contribution in [0.5, 0.6) is 11.5 Å². The largest absolute Gasteiger partial charge is 0.493 e. The fourth-order valence-electron chi connectivity index (χ4n) is 3.69. The first kappa shape index (κ1) is 24.6. The van der Waals surface area contributed by atoms with Crippen LogP contribution >= 0.6 is 39.3 Å². The number of halogens is 2. The lowest BCUT2D eigenvalue weighted by Gasteiger charge is -2.18. The SMILES string of the molecule is COc1cc(/C=C2/SC(=O)N(CC(=O)N3CCCC3)C2=O)cc(Cl)c1OCc1ccc(Br)cc1. The Morgan fingerprint density at radius 1 is 1.18 bits per heavy atom. The van der Waals surface area contributed by atoms with Gasteiger partial charge in [-0.1, -0.05) is 39.7 Å². The Kier molecular flexibility index (Phi) is 7.85. The Hall–Kier alpha value is -2.49. The molecule has 0 aliphatic carbocycles. The summed E-state index contributed by atoms with van der Waals surface area (Å²) in [5, 5.41) is -0.150. The molecule has 2 aliphatic heterocycles. The van der Waals surface area contributed by atoms with Crippen molar-refractivity contribution in [2.75, 3.05) is 26.7 Å². The summed E-state index contributed by atoms with van der Waals surface area (Å²) in [6.45, 7) is 1.39. The van der Waals surface area contributed by atoms with Crippen molar-refractivity contribution in [3.63, 3.8) is 0 Å². The Morgan fingerprint density at radius 2 is 1.88 bits per heavy atom. The number of methoxy groups -OCH3 is 1. The minimum Gasteiger partial charge on any atom is -0.493 e. The molecule has 178 valence electrons. The van der Waals surface area contributed by atoms with E-state index >= 15 is 0 Å². The highest BCUT2D eigenvalue weighted by atomic mass is 79.9. The molecule has 34 heavy (non-hydrogen) atoms. The summed E-state index contributed by atoms with van der Waals surface area (Å²) in [5.41, 5.74) is 1.54. The molecular weight excluding hydrogens is 544 g/mol. The van der Waals surface area contributed by atoms with Gasteiger partial charge in [-0.2, -0.15) is 0 Å². The first-order valence-corrected chi connectivity index (χ1v) is 12.6. The zero-order chi connectivity index (χ0) is 24.2. The number of ether oxygens (including phenoxy) is 2. The minimum absolute atomic E-state index is 0.210. The molecule has 0 bridgehead atoms. The number of carbonyl (C=O) groups is 3. The molecule has 0 N–H and O–H groups in total. The lowest BCUT2D eigenvalue weighted by molar-refractivity contribution is -0.135. The number of carbonyl (C=O) groups excluding carboxylic acids is 3. The van der Waals surface area contributed by atoms with E-state index in [1.807, 2.05) is 24.3 Å². The van der Waals surface area contributed by atoms with Gasteiger partial charge in [-0.25, -0.2) is 0 Å². The highest BCUT2D eigenvalue weighted by Gasteiger charge is 2.37. The maximum absolute atomic E-state index is 12.8. The van der Waals surface area contributed by atoms with E-state index < -0.39 is 11.1 Å². The first-order valence-electron chi connectivity index (χ1n) is 10.6. The molecule has 2 aliphatic rings. The predicted molar refractivity (Wildman–Crippen MR) is 135 cm³/mol. The fraction of sp³-hybridized carbons (Fsp3) is 0.292. The molecule has 10 heteroatoms. The lowest BCUT2D eigenvalue weighted by atomic mass is 10.1. The molecule has 2 heterocycles. The van der Waals surface area contributed by atoms with Crippen molar-refractivity contribution < 1.29 is 23.9 Å². The standard InChI is InChI=1S/C24H22BrClN2O5S/c1-32-19-11-16(10-18(26)22(19)33-14-15-4-6-17(25)7-5-15)12-20-23(30)28(24(31)34-20)13-21(29)27-8-2-3-9-27/h4-7,10-12H,2-3,8-9,13-14H2,1H3/b20-12+. The number of hydrogen-bond donors (Lipinski definition) is 0. The third kappa shape index (κ3) is 5.59. The van der Waals surface area contributed by atoms with Crippen LogP contribution in [-0.2, 0) is 16.2 Å². The van der Waals surface area contributed by atoms with Crippen LogP contribution in [0.3, 0.4) is 0 Å². The number of thioether (sulfide) groups is 1. The molecule has 2 saturated heterocycles. The van der Waals surface area contributed by atoms with Gasteiger partial charge in [0.05, 0.1) is 17.0 Å². The summed E-state index contributed by atoms with van der Waals surface area (Å²) in [4.78, 5) is 40.5. The summed E-state index contributed by atoms with van der Waals surface area (Å²) < 4.78 is 12.3. The average molecular weight is 566 g/mol. The van der Waals surface area contributed by atoms with E-state index in [1.54, 1.807) is 23.1 Å². The van der Waals surface area contributed by atoms with Crippen LogP contribution < -0.4 is 9.47 Å². The number of rotatable bonds is 7. The molecule has 4 rings (SSSR count). The number of imide groups is 1. The molecular formula is C24H22BrClN2O5S. The quantitative estimate of drug-likeness (QED) is 0.422. The zero-order valence-corrected chi connectivity index (χ0v) is 21.5. The van der Waals surface area contributed by atoms with Crippen molar-refractivity contribution in [2.24, 2.45) is 0 Å². The molecule has 0 atom stereocenters. The highest BCUT2D eigenvalue weighted by molar-refractivity contribution is 9.10. The number of hydrogen-bond acceptors (Lipinski definition) is 6. The van der Waals surface area contributed by atoms with Gasteiger partial charge < -0.3 is 14.4 Å². The Bertz CT molecular complexity index is 1150. The van der Waals surface area contributed by atoms with Gasteiger partial charge in [0.15, 0.2) is 11.5 Å². The number of amides is 3. The molecule has 0 radical (unpaired) electrons. The number of benzene rings is 2. The van der Waals surface area contributed by atoms with Crippen LogP contribution in [-0.4, -0.2) is 53.6 Å². The topological polar surface area (TPSA) is 76.2 Å². The van der Waals surface area contributed by atoms with E-state index in [0.29, 0.717) is 41.8 Å². The first-order chi connectivity index (χ1) is 16.4. The van der Waals surface area contributed by atoms with Crippen LogP contribution in [0.15, 0.2) is 45.8 Å².